The van der Waals surface area contributed by atoms with E-state index in [9.17, 15) is 13.2 Å². The zero-order chi connectivity index (χ0) is 19.3. The number of sulfonamides is 1. The van der Waals surface area contributed by atoms with Gasteiger partial charge in [-0.3, -0.25) is 4.79 Å². The zero-order valence-corrected chi connectivity index (χ0v) is 17.0. The number of nitrogens with one attached hydrogen (secondary N) is 1. The van der Waals surface area contributed by atoms with Gasteiger partial charge in [0.2, 0.25) is 10.0 Å². The van der Waals surface area contributed by atoms with E-state index in [-0.39, 0.29) is 10.8 Å². The lowest BCUT2D eigenvalue weighted by Gasteiger charge is -2.32. The maximum absolute atomic E-state index is 13.0. The largest absolute Gasteiger partial charge is 0.352 e. The first kappa shape index (κ1) is 20.8. The molecule has 2 rings (SSSR count). The van der Waals surface area contributed by atoms with Crippen LogP contribution in [0.15, 0.2) is 23.1 Å². The van der Waals surface area contributed by atoms with Gasteiger partial charge >= 0.3 is 0 Å². The second kappa shape index (κ2) is 8.94. The molecule has 0 atom stereocenters. The van der Waals surface area contributed by atoms with Gasteiger partial charge in [0.25, 0.3) is 5.91 Å². The Labute approximate surface area is 157 Å². The number of benzene rings is 1. The first-order chi connectivity index (χ1) is 12.2. The van der Waals surface area contributed by atoms with E-state index < -0.39 is 10.0 Å². The molecular weight excluding hydrogens is 352 g/mol. The van der Waals surface area contributed by atoms with Gasteiger partial charge in [-0.15, -0.1) is 0 Å². The zero-order valence-electron chi connectivity index (χ0n) is 16.2. The maximum Gasteiger partial charge on any atom is 0.251 e. The molecule has 0 bridgehead atoms. The predicted molar refractivity (Wildman–Crippen MR) is 103 cm³/mol. The standard InChI is InChI=1S/C18H30N4O3S/c1-15-6-7-16(18(23)19-8-5-9-20(2)3)14-17(15)26(24,25)22-12-10-21(4)11-13-22/h6-7,14H,5,8-13H2,1-4H3,(H,19,23). The number of hydrogen-bond donors (Lipinski definition) is 1. The highest BCUT2D eigenvalue weighted by molar-refractivity contribution is 7.89. The molecule has 0 spiro atoms. The van der Waals surface area contributed by atoms with Crippen molar-refractivity contribution in [1.82, 2.24) is 19.4 Å². The highest BCUT2D eigenvalue weighted by Crippen LogP contribution is 2.22. The number of amides is 1. The minimum absolute atomic E-state index is 0.225. The fraction of sp³-hybridized carbons (Fsp3) is 0.611. The Morgan fingerprint density at radius 1 is 1.19 bits per heavy atom. The third-order valence-corrected chi connectivity index (χ3v) is 6.64. The number of aryl methyl sites for hydroxylation is 1. The molecule has 0 radical (unpaired) electrons. The van der Waals surface area contributed by atoms with Crippen LogP contribution in [0.5, 0.6) is 0 Å². The van der Waals surface area contributed by atoms with Crippen LogP contribution >= 0.6 is 0 Å². The third-order valence-electron chi connectivity index (χ3n) is 4.60. The van der Waals surface area contributed by atoms with Crippen LogP contribution in [0.2, 0.25) is 0 Å². The Bertz CT molecular complexity index is 726. The van der Waals surface area contributed by atoms with Crippen LogP contribution in [-0.2, 0) is 10.0 Å². The van der Waals surface area contributed by atoms with Crippen LogP contribution in [0.25, 0.3) is 0 Å². The van der Waals surface area contributed by atoms with Crippen molar-refractivity contribution in [2.45, 2.75) is 18.2 Å². The van der Waals surface area contributed by atoms with Crippen LogP contribution in [0.4, 0.5) is 0 Å². The Morgan fingerprint density at radius 2 is 1.85 bits per heavy atom. The van der Waals surface area contributed by atoms with Gasteiger partial charge in [-0.05, 0) is 58.7 Å². The predicted octanol–water partition coefficient (Wildman–Crippen LogP) is 0.613. The summed E-state index contributed by atoms with van der Waals surface area (Å²) in [5, 5.41) is 2.86. The van der Waals surface area contributed by atoms with Crippen molar-refractivity contribution in [2.75, 3.05) is 60.4 Å². The van der Waals surface area contributed by atoms with Gasteiger partial charge < -0.3 is 15.1 Å². The summed E-state index contributed by atoms with van der Waals surface area (Å²) >= 11 is 0. The van der Waals surface area contributed by atoms with E-state index in [2.05, 4.69) is 15.1 Å². The van der Waals surface area contributed by atoms with Crippen molar-refractivity contribution in [3.8, 4) is 0 Å². The summed E-state index contributed by atoms with van der Waals surface area (Å²) in [6.07, 6.45) is 0.844. The van der Waals surface area contributed by atoms with Gasteiger partial charge in [0.1, 0.15) is 0 Å². The van der Waals surface area contributed by atoms with Crippen molar-refractivity contribution in [2.24, 2.45) is 0 Å². The number of carbonyl (C=O) groups excluding carboxylic acids is 1. The summed E-state index contributed by atoms with van der Waals surface area (Å²) in [5.41, 5.74) is 1.04. The fourth-order valence-electron chi connectivity index (χ4n) is 2.89. The van der Waals surface area contributed by atoms with Crippen molar-refractivity contribution in [3.63, 3.8) is 0 Å². The Kier molecular flexibility index (Phi) is 7.16. The molecule has 0 saturated carbocycles. The monoisotopic (exact) mass is 382 g/mol. The maximum atomic E-state index is 13.0. The second-order valence-electron chi connectivity index (χ2n) is 7.10. The molecule has 1 amide bonds. The molecule has 1 saturated heterocycles. The van der Waals surface area contributed by atoms with E-state index in [1.54, 1.807) is 19.1 Å². The average Bonchev–Trinajstić information content (AvgIpc) is 2.59. The van der Waals surface area contributed by atoms with E-state index in [4.69, 9.17) is 0 Å². The first-order valence-electron chi connectivity index (χ1n) is 8.94. The lowest BCUT2D eigenvalue weighted by Crippen LogP contribution is -2.47. The highest BCUT2D eigenvalue weighted by Gasteiger charge is 2.29. The van der Waals surface area contributed by atoms with Crippen LogP contribution in [-0.4, -0.2) is 88.8 Å². The molecule has 1 aromatic rings. The Hall–Kier alpha value is -1.48. The number of hydrogen-bond acceptors (Lipinski definition) is 5. The van der Waals surface area contributed by atoms with E-state index in [1.807, 2.05) is 21.1 Å². The molecule has 0 aromatic heterocycles. The lowest BCUT2D eigenvalue weighted by molar-refractivity contribution is 0.0952. The Morgan fingerprint density at radius 3 is 2.46 bits per heavy atom. The quantitative estimate of drug-likeness (QED) is 0.700. The van der Waals surface area contributed by atoms with E-state index in [1.165, 1.54) is 10.4 Å². The highest BCUT2D eigenvalue weighted by atomic mass is 32.2. The van der Waals surface area contributed by atoms with Gasteiger partial charge in [0, 0.05) is 38.3 Å². The van der Waals surface area contributed by atoms with Crippen molar-refractivity contribution in [3.05, 3.63) is 29.3 Å². The number of likely N-dealkylation sites (N-methyl/N-ethyl adjacent to an activating group) is 1. The molecule has 1 aliphatic heterocycles. The normalized spacial score (nSPS) is 16.8. The number of nitrogens with zero attached hydrogens (tertiary/aromatic N) is 3. The lowest BCUT2D eigenvalue weighted by atomic mass is 10.1. The van der Waals surface area contributed by atoms with Crippen LogP contribution < -0.4 is 5.32 Å². The molecule has 7 nitrogen and oxygen atoms in total. The summed E-state index contributed by atoms with van der Waals surface area (Å²) in [5.74, 6) is -0.237. The number of rotatable bonds is 7. The summed E-state index contributed by atoms with van der Waals surface area (Å²) in [6.45, 7) is 5.58. The van der Waals surface area contributed by atoms with Gasteiger partial charge in [0.15, 0.2) is 0 Å². The minimum Gasteiger partial charge on any atom is -0.352 e. The molecule has 1 heterocycles. The van der Waals surface area contributed by atoms with Crippen LogP contribution in [0, 0.1) is 6.92 Å². The summed E-state index contributed by atoms with van der Waals surface area (Å²) < 4.78 is 27.5. The van der Waals surface area contributed by atoms with Crippen molar-refractivity contribution < 1.29 is 13.2 Å². The Balaban J connectivity index is 2.12. The van der Waals surface area contributed by atoms with E-state index in [0.29, 0.717) is 43.9 Å². The van der Waals surface area contributed by atoms with Crippen LogP contribution in [0.3, 0.4) is 0 Å². The summed E-state index contributed by atoms with van der Waals surface area (Å²) in [7, 11) is 2.36. The van der Waals surface area contributed by atoms with Gasteiger partial charge in [-0.2, -0.15) is 4.31 Å². The molecule has 1 aliphatic rings. The molecule has 8 heteroatoms. The molecule has 1 fully saturated rings. The van der Waals surface area contributed by atoms with Gasteiger partial charge in [-0.25, -0.2) is 8.42 Å². The molecule has 146 valence electrons. The minimum atomic E-state index is -3.59. The molecule has 26 heavy (non-hydrogen) atoms. The first-order valence-corrected chi connectivity index (χ1v) is 10.4. The summed E-state index contributed by atoms with van der Waals surface area (Å²) in [6, 6.07) is 4.89. The molecular formula is C18H30N4O3S. The topological polar surface area (TPSA) is 73.0 Å². The van der Waals surface area contributed by atoms with Crippen molar-refractivity contribution in [1.29, 1.82) is 0 Å². The fourth-order valence-corrected chi connectivity index (χ4v) is 4.56. The third kappa shape index (κ3) is 5.26. The molecule has 1 N–H and O–H groups in total. The van der Waals surface area contributed by atoms with Gasteiger partial charge in [-0.1, -0.05) is 6.07 Å². The smallest absolute Gasteiger partial charge is 0.251 e. The average molecular weight is 383 g/mol. The summed E-state index contributed by atoms with van der Waals surface area (Å²) in [4.78, 5) is 16.7. The second-order valence-corrected chi connectivity index (χ2v) is 9.01. The SMILES string of the molecule is Cc1ccc(C(=O)NCCCN(C)C)cc1S(=O)(=O)N1CCN(C)CC1. The van der Waals surface area contributed by atoms with Crippen LogP contribution in [0.1, 0.15) is 22.3 Å². The van der Waals surface area contributed by atoms with Gasteiger partial charge in [0.05, 0.1) is 4.90 Å². The van der Waals surface area contributed by atoms with Crippen molar-refractivity contribution >= 4 is 15.9 Å². The van der Waals surface area contributed by atoms with E-state index >= 15 is 0 Å². The molecule has 0 unspecified atom stereocenters. The van der Waals surface area contributed by atoms with E-state index in [0.717, 1.165) is 13.0 Å². The number of carbonyl (C=O) groups is 1. The molecule has 0 aliphatic carbocycles. The number of piperazine rings is 1. The molecule has 1 aromatic carbocycles.